The first kappa shape index (κ1) is 19.2. The van der Waals surface area contributed by atoms with Gasteiger partial charge in [-0.15, -0.1) is 0 Å². The molecule has 0 fully saturated rings. The lowest BCUT2D eigenvalue weighted by molar-refractivity contribution is -0.144. The summed E-state index contributed by atoms with van der Waals surface area (Å²) in [6.07, 6.45) is -0.0134. The van der Waals surface area contributed by atoms with E-state index in [0.717, 1.165) is 0 Å². The van der Waals surface area contributed by atoms with Gasteiger partial charge in [-0.3, -0.25) is 4.79 Å². The molecule has 0 radical (unpaired) electrons. The molecule has 150 valence electrons. The molecule has 1 aliphatic rings. The first-order valence-corrected chi connectivity index (χ1v) is 9.20. The molecular weight excluding hydrogens is 403 g/mol. The molecule has 7 nitrogen and oxygen atoms in total. The smallest absolute Gasteiger partial charge is 0.310 e. The average molecular weight is 419 g/mol. The number of nitrogens with zero attached hydrogens (tertiary/aromatic N) is 2. The van der Waals surface area contributed by atoms with E-state index in [9.17, 15) is 9.18 Å². The van der Waals surface area contributed by atoms with Gasteiger partial charge >= 0.3 is 5.97 Å². The van der Waals surface area contributed by atoms with Gasteiger partial charge < -0.3 is 18.7 Å². The molecule has 0 atom stereocenters. The average Bonchev–Trinajstić information content (AvgIpc) is 3.18. The van der Waals surface area contributed by atoms with Crippen molar-refractivity contribution >= 4 is 17.6 Å². The fourth-order valence-corrected chi connectivity index (χ4v) is 3.08. The molecule has 29 heavy (non-hydrogen) atoms. The van der Waals surface area contributed by atoms with E-state index in [1.54, 1.807) is 31.2 Å². The van der Waals surface area contributed by atoms with Crippen LogP contribution in [0.4, 0.5) is 4.39 Å². The molecule has 1 aliphatic heterocycles. The molecule has 2 aromatic carbocycles. The molecule has 0 spiro atoms. The number of hydrogen-bond acceptors (Lipinski definition) is 7. The Balaban J connectivity index is 1.37. The summed E-state index contributed by atoms with van der Waals surface area (Å²) < 4.78 is 34.9. The number of carbonyl (C=O) groups is 1. The molecule has 2 heterocycles. The summed E-state index contributed by atoms with van der Waals surface area (Å²) in [5, 5.41) is 4.16. The number of rotatable bonds is 5. The minimum Gasteiger partial charge on any atom is -0.486 e. The molecule has 3 aromatic rings. The van der Waals surface area contributed by atoms with Crippen molar-refractivity contribution < 1.29 is 27.9 Å². The number of aromatic nitrogens is 2. The zero-order valence-electron chi connectivity index (χ0n) is 15.4. The summed E-state index contributed by atoms with van der Waals surface area (Å²) in [4.78, 5) is 16.3. The van der Waals surface area contributed by atoms with Gasteiger partial charge in [0.05, 0.1) is 11.4 Å². The van der Waals surface area contributed by atoms with Crippen LogP contribution in [0.3, 0.4) is 0 Å². The third-order valence-corrected chi connectivity index (χ3v) is 4.54. The molecule has 9 heteroatoms. The minimum absolute atomic E-state index is 0.0134. The first-order chi connectivity index (χ1) is 14.0. The third-order valence-electron chi connectivity index (χ3n) is 4.26. The summed E-state index contributed by atoms with van der Waals surface area (Å²) >= 11 is 6.17. The summed E-state index contributed by atoms with van der Waals surface area (Å²) in [7, 11) is 0. The molecule has 0 unspecified atom stereocenters. The molecule has 0 N–H and O–H groups in total. The summed E-state index contributed by atoms with van der Waals surface area (Å²) in [6, 6.07) is 7.96. The summed E-state index contributed by atoms with van der Waals surface area (Å²) in [5.41, 5.74) is 1.62. The first-order valence-electron chi connectivity index (χ1n) is 8.82. The Labute approximate surface area is 170 Å². The second kappa shape index (κ2) is 8.08. The second-order valence-corrected chi connectivity index (χ2v) is 6.82. The van der Waals surface area contributed by atoms with Crippen LogP contribution in [-0.4, -0.2) is 29.3 Å². The van der Waals surface area contributed by atoms with Gasteiger partial charge in [0.2, 0.25) is 5.82 Å². The van der Waals surface area contributed by atoms with Gasteiger partial charge in [0.15, 0.2) is 18.1 Å². The van der Waals surface area contributed by atoms with Crippen molar-refractivity contribution in [1.82, 2.24) is 10.1 Å². The quantitative estimate of drug-likeness (QED) is 0.581. The van der Waals surface area contributed by atoms with E-state index in [1.165, 1.54) is 6.07 Å². The number of aryl methyl sites for hydroxylation is 1. The highest BCUT2D eigenvalue weighted by molar-refractivity contribution is 6.32. The Kier molecular flexibility index (Phi) is 5.35. The van der Waals surface area contributed by atoms with E-state index in [-0.39, 0.29) is 30.6 Å². The van der Waals surface area contributed by atoms with Crippen molar-refractivity contribution in [1.29, 1.82) is 0 Å². The molecule has 0 saturated carbocycles. The third kappa shape index (κ3) is 4.32. The van der Waals surface area contributed by atoms with Crippen molar-refractivity contribution in [3.63, 3.8) is 0 Å². The maximum Gasteiger partial charge on any atom is 0.310 e. The molecule has 1 aromatic heterocycles. The SMILES string of the molecule is Cc1ccc(-c2noc(COC(=O)Cc3cc(Cl)c4c(c3)OCCO4)n2)cc1F. The van der Waals surface area contributed by atoms with Gasteiger partial charge in [0, 0.05) is 5.56 Å². The molecule has 4 rings (SSSR count). The van der Waals surface area contributed by atoms with Gasteiger partial charge in [-0.2, -0.15) is 4.98 Å². The number of carbonyl (C=O) groups excluding carboxylic acids is 1. The zero-order chi connectivity index (χ0) is 20.4. The highest BCUT2D eigenvalue weighted by Crippen LogP contribution is 2.38. The predicted octanol–water partition coefficient (Wildman–Crippen LogP) is 3.89. The van der Waals surface area contributed by atoms with Gasteiger partial charge in [-0.05, 0) is 36.2 Å². The molecule has 0 bridgehead atoms. The number of ether oxygens (including phenoxy) is 3. The van der Waals surface area contributed by atoms with Crippen LogP contribution < -0.4 is 9.47 Å². The van der Waals surface area contributed by atoms with Crippen LogP contribution >= 0.6 is 11.6 Å². The van der Waals surface area contributed by atoms with Gasteiger partial charge in [0.1, 0.15) is 19.0 Å². The Morgan fingerprint density at radius 3 is 2.90 bits per heavy atom. The Morgan fingerprint density at radius 1 is 1.24 bits per heavy atom. The number of esters is 1. The second-order valence-electron chi connectivity index (χ2n) is 6.41. The van der Waals surface area contributed by atoms with E-state index in [1.807, 2.05) is 0 Å². The Hall–Kier alpha value is -3.13. The lowest BCUT2D eigenvalue weighted by Gasteiger charge is -2.20. The molecule has 0 amide bonds. The van der Waals surface area contributed by atoms with E-state index in [0.29, 0.717) is 46.4 Å². The van der Waals surface area contributed by atoms with Crippen molar-refractivity contribution in [2.24, 2.45) is 0 Å². The van der Waals surface area contributed by atoms with Crippen LogP contribution in [0.25, 0.3) is 11.4 Å². The van der Waals surface area contributed by atoms with Gasteiger partial charge in [-0.1, -0.05) is 28.9 Å². The van der Waals surface area contributed by atoms with Crippen LogP contribution in [0.15, 0.2) is 34.9 Å². The predicted molar refractivity (Wildman–Crippen MR) is 100 cm³/mol. The number of benzene rings is 2. The van der Waals surface area contributed by atoms with Crippen molar-refractivity contribution in [3.05, 3.63) is 58.2 Å². The van der Waals surface area contributed by atoms with Crippen LogP contribution in [0, 0.1) is 12.7 Å². The largest absolute Gasteiger partial charge is 0.486 e. The van der Waals surface area contributed by atoms with E-state index in [4.69, 9.17) is 30.3 Å². The maximum atomic E-state index is 13.7. The number of hydrogen-bond donors (Lipinski definition) is 0. The summed E-state index contributed by atoms with van der Waals surface area (Å²) in [5.74, 6) is 0.430. The lowest BCUT2D eigenvalue weighted by atomic mass is 10.1. The van der Waals surface area contributed by atoms with Crippen molar-refractivity contribution in [3.8, 4) is 22.9 Å². The van der Waals surface area contributed by atoms with E-state index in [2.05, 4.69) is 10.1 Å². The van der Waals surface area contributed by atoms with Crippen molar-refractivity contribution in [2.45, 2.75) is 20.0 Å². The topological polar surface area (TPSA) is 83.7 Å². The highest BCUT2D eigenvalue weighted by Gasteiger charge is 2.18. The standard InChI is InChI=1S/C20H16ClFN2O5/c1-11-2-3-13(9-15(11)22)20-23-17(29-24-20)10-28-18(25)8-12-6-14(21)19-16(7-12)26-4-5-27-19/h2-3,6-7,9H,4-5,8,10H2,1H3. The molecule has 0 aliphatic carbocycles. The normalized spacial score (nSPS) is 12.7. The monoisotopic (exact) mass is 418 g/mol. The van der Waals surface area contributed by atoms with Crippen LogP contribution in [0.1, 0.15) is 17.0 Å². The van der Waals surface area contributed by atoms with Gasteiger partial charge in [-0.25, -0.2) is 4.39 Å². The fourth-order valence-electron chi connectivity index (χ4n) is 2.79. The van der Waals surface area contributed by atoms with E-state index < -0.39 is 5.97 Å². The fraction of sp³-hybridized carbons (Fsp3) is 0.250. The van der Waals surface area contributed by atoms with Gasteiger partial charge in [0.25, 0.3) is 5.89 Å². The number of halogens is 2. The van der Waals surface area contributed by atoms with Crippen LogP contribution in [0.5, 0.6) is 11.5 Å². The maximum absolute atomic E-state index is 13.7. The van der Waals surface area contributed by atoms with Crippen LogP contribution in [0.2, 0.25) is 5.02 Å². The minimum atomic E-state index is -0.501. The summed E-state index contributed by atoms with van der Waals surface area (Å²) in [6.45, 7) is 2.31. The highest BCUT2D eigenvalue weighted by atomic mass is 35.5. The van der Waals surface area contributed by atoms with E-state index >= 15 is 0 Å². The zero-order valence-corrected chi connectivity index (χ0v) is 16.2. The van der Waals surface area contributed by atoms with Crippen LogP contribution in [-0.2, 0) is 22.6 Å². The Bertz CT molecular complexity index is 1070. The molecule has 0 saturated heterocycles. The Morgan fingerprint density at radius 2 is 2.07 bits per heavy atom. The van der Waals surface area contributed by atoms with Crippen molar-refractivity contribution in [2.75, 3.05) is 13.2 Å². The molecular formula is C20H16ClFN2O5. The number of fused-ring (bicyclic) bond motifs is 1. The lowest BCUT2D eigenvalue weighted by Crippen LogP contribution is -2.16.